The van der Waals surface area contributed by atoms with Gasteiger partial charge >= 0.3 is 12.0 Å². The van der Waals surface area contributed by atoms with Crippen molar-refractivity contribution in [2.45, 2.75) is 82.7 Å². The zero-order valence-electron chi connectivity index (χ0n) is 13.0. The number of urea groups is 1. The lowest BCUT2D eigenvalue weighted by Crippen LogP contribution is -2.60. The van der Waals surface area contributed by atoms with Crippen LogP contribution in [0.2, 0.25) is 0 Å². The van der Waals surface area contributed by atoms with Gasteiger partial charge in [0.15, 0.2) is 0 Å². The minimum Gasteiger partial charge on any atom is -0.480 e. The summed E-state index contributed by atoms with van der Waals surface area (Å²) < 4.78 is 0. The second kappa shape index (κ2) is 7.14. The monoisotopic (exact) mass is 296 g/mol. The quantitative estimate of drug-likeness (QED) is 0.700. The largest absolute Gasteiger partial charge is 0.480 e. The van der Waals surface area contributed by atoms with Gasteiger partial charge in [0.05, 0.1) is 0 Å². The topological polar surface area (TPSA) is 78.4 Å². The van der Waals surface area contributed by atoms with Gasteiger partial charge in [-0.15, -0.1) is 0 Å². The van der Waals surface area contributed by atoms with Crippen LogP contribution in [-0.4, -0.2) is 28.7 Å². The molecule has 0 aromatic carbocycles. The zero-order valence-corrected chi connectivity index (χ0v) is 13.0. The molecule has 0 aromatic heterocycles. The molecule has 2 rings (SSSR count). The predicted molar refractivity (Wildman–Crippen MR) is 81.2 cm³/mol. The van der Waals surface area contributed by atoms with E-state index in [0.29, 0.717) is 18.8 Å². The van der Waals surface area contributed by atoms with Crippen molar-refractivity contribution in [3.05, 3.63) is 0 Å². The van der Waals surface area contributed by atoms with Crippen LogP contribution in [0.1, 0.15) is 71.1 Å². The third-order valence-corrected chi connectivity index (χ3v) is 4.95. The van der Waals surface area contributed by atoms with Crippen molar-refractivity contribution >= 4 is 12.0 Å². The molecule has 0 radical (unpaired) electrons. The van der Waals surface area contributed by atoms with Crippen LogP contribution in [0.3, 0.4) is 0 Å². The summed E-state index contributed by atoms with van der Waals surface area (Å²) in [5.41, 5.74) is -1.08. The average molecular weight is 296 g/mol. The maximum absolute atomic E-state index is 12.2. The van der Waals surface area contributed by atoms with E-state index in [1.807, 2.05) is 0 Å². The molecule has 0 saturated heterocycles. The fourth-order valence-corrected chi connectivity index (χ4v) is 3.78. The molecule has 21 heavy (non-hydrogen) atoms. The molecule has 5 nitrogen and oxygen atoms in total. The predicted octanol–water partition coefficient (Wildman–Crippen LogP) is 3.04. The van der Waals surface area contributed by atoms with Crippen molar-refractivity contribution in [2.75, 3.05) is 0 Å². The van der Waals surface area contributed by atoms with Gasteiger partial charge in [0.1, 0.15) is 5.54 Å². The summed E-state index contributed by atoms with van der Waals surface area (Å²) in [4.78, 5) is 23.9. The first-order valence-corrected chi connectivity index (χ1v) is 8.34. The molecule has 2 aliphatic rings. The van der Waals surface area contributed by atoms with Gasteiger partial charge in [-0.1, -0.05) is 45.4 Å². The number of carboxylic acids is 1. The Hall–Kier alpha value is -1.26. The lowest BCUT2D eigenvalue weighted by Gasteiger charge is -2.37. The van der Waals surface area contributed by atoms with Crippen molar-refractivity contribution in [3.63, 3.8) is 0 Å². The number of rotatable bonds is 3. The van der Waals surface area contributed by atoms with Gasteiger partial charge in [0, 0.05) is 6.04 Å². The van der Waals surface area contributed by atoms with Crippen LogP contribution in [0.25, 0.3) is 0 Å². The number of carbonyl (C=O) groups excluding carboxylic acids is 1. The first kappa shape index (κ1) is 16.1. The molecule has 120 valence electrons. The number of carbonyl (C=O) groups is 2. The van der Waals surface area contributed by atoms with Crippen LogP contribution in [0.15, 0.2) is 0 Å². The van der Waals surface area contributed by atoms with E-state index in [1.165, 1.54) is 12.8 Å². The van der Waals surface area contributed by atoms with Gasteiger partial charge in [-0.25, -0.2) is 9.59 Å². The van der Waals surface area contributed by atoms with Crippen molar-refractivity contribution in [1.29, 1.82) is 0 Å². The van der Waals surface area contributed by atoms with Gasteiger partial charge < -0.3 is 15.7 Å². The summed E-state index contributed by atoms with van der Waals surface area (Å²) in [5.74, 6) is -0.557. The van der Waals surface area contributed by atoms with Crippen molar-refractivity contribution in [2.24, 2.45) is 5.92 Å². The van der Waals surface area contributed by atoms with E-state index in [4.69, 9.17) is 0 Å². The molecule has 2 aliphatic carbocycles. The standard InChI is InChI=1S/C16H28N2O3/c1-12-7-6-10-16(11-12,14(19)20)18-15(21)17-13-8-4-2-3-5-9-13/h12-13H,2-11H2,1H3,(H,19,20)(H2,17,18,21). The van der Waals surface area contributed by atoms with Crippen molar-refractivity contribution in [3.8, 4) is 0 Å². The second-order valence-corrected chi connectivity index (χ2v) is 6.88. The maximum Gasteiger partial charge on any atom is 0.329 e. The van der Waals surface area contributed by atoms with Crippen LogP contribution >= 0.6 is 0 Å². The molecule has 2 amide bonds. The fraction of sp³-hybridized carbons (Fsp3) is 0.875. The Bertz CT molecular complexity index is 378. The Kier molecular flexibility index (Phi) is 5.48. The molecule has 2 fully saturated rings. The highest BCUT2D eigenvalue weighted by atomic mass is 16.4. The van der Waals surface area contributed by atoms with Gasteiger partial charge in [-0.05, 0) is 31.6 Å². The number of nitrogens with one attached hydrogen (secondary N) is 2. The van der Waals surface area contributed by atoms with E-state index in [2.05, 4.69) is 17.6 Å². The van der Waals surface area contributed by atoms with Crippen molar-refractivity contribution < 1.29 is 14.7 Å². The molecule has 2 saturated carbocycles. The summed E-state index contributed by atoms with van der Waals surface area (Å²) in [6.07, 6.45) is 9.72. The normalized spacial score (nSPS) is 31.2. The summed E-state index contributed by atoms with van der Waals surface area (Å²) in [5, 5.41) is 15.3. The Balaban J connectivity index is 1.93. The molecule has 2 unspecified atom stereocenters. The molecule has 2 atom stereocenters. The number of hydrogen-bond donors (Lipinski definition) is 3. The molecule has 0 spiro atoms. The van der Waals surface area contributed by atoms with Crippen LogP contribution in [0.4, 0.5) is 4.79 Å². The summed E-state index contributed by atoms with van der Waals surface area (Å²) >= 11 is 0. The van der Waals surface area contributed by atoms with E-state index < -0.39 is 11.5 Å². The third-order valence-electron chi connectivity index (χ3n) is 4.95. The fourth-order valence-electron chi connectivity index (χ4n) is 3.78. The molecular formula is C16H28N2O3. The molecule has 3 N–H and O–H groups in total. The van der Waals surface area contributed by atoms with E-state index in [9.17, 15) is 14.7 Å². The van der Waals surface area contributed by atoms with Crippen LogP contribution < -0.4 is 10.6 Å². The molecule has 0 bridgehead atoms. The average Bonchev–Trinajstić information content (AvgIpc) is 2.67. The lowest BCUT2D eigenvalue weighted by atomic mass is 9.76. The summed E-state index contributed by atoms with van der Waals surface area (Å²) in [6, 6.07) is -0.113. The molecule has 0 heterocycles. The number of amides is 2. The number of hydrogen-bond acceptors (Lipinski definition) is 2. The van der Waals surface area contributed by atoms with Gasteiger partial charge in [0.25, 0.3) is 0 Å². The van der Waals surface area contributed by atoms with Crippen LogP contribution in [-0.2, 0) is 4.79 Å². The van der Waals surface area contributed by atoms with Crippen molar-refractivity contribution in [1.82, 2.24) is 10.6 Å². The summed E-state index contributed by atoms with van der Waals surface area (Å²) in [7, 11) is 0. The highest BCUT2D eigenvalue weighted by Crippen LogP contribution is 2.32. The minimum absolute atomic E-state index is 0.194. The molecule has 0 aromatic rings. The minimum atomic E-state index is -1.08. The van der Waals surface area contributed by atoms with Gasteiger partial charge in [-0.3, -0.25) is 0 Å². The highest BCUT2D eigenvalue weighted by molar-refractivity contribution is 5.86. The van der Waals surface area contributed by atoms with Crippen LogP contribution in [0.5, 0.6) is 0 Å². The first-order chi connectivity index (χ1) is 10.0. The molecular weight excluding hydrogens is 268 g/mol. The Morgan fingerprint density at radius 2 is 1.71 bits per heavy atom. The number of aliphatic carboxylic acids is 1. The maximum atomic E-state index is 12.2. The van der Waals surface area contributed by atoms with Gasteiger partial charge in [0.2, 0.25) is 0 Å². The first-order valence-electron chi connectivity index (χ1n) is 8.34. The smallest absolute Gasteiger partial charge is 0.329 e. The summed E-state index contributed by atoms with van der Waals surface area (Å²) in [6.45, 7) is 2.06. The molecule has 0 aliphatic heterocycles. The van der Waals surface area contributed by atoms with E-state index in [-0.39, 0.29) is 12.1 Å². The Morgan fingerprint density at radius 1 is 1.05 bits per heavy atom. The van der Waals surface area contributed by atoms with Gasteiger partial charge in [-0.2, -0.15) is 0 Å². The lowest BCUT2D eigenvalue weighted by molar-refractivity contribution is -0.146. The van der Waals surface area contributed by atoms with E-state index in [0.717, 1.165) is 38.5 Å². The molecule has 5 heteroatoms. The van der Waals surface area contributed by atoms with E-state index >= 15 is 0 Å². The third kappa shape index (κ3) is 4.35. The highest BCUT2D eigenvalue weighted by Gasteiger charge is 2.43. The second-order valence-electron chi connectivity index (χ2n) is 6.88. The number of carboxylic acid groups (broad SMARTS) is 1. The Labute approximate surface area is 126 Å². The zero-order chi connectivity index (χ0) is 15.3. The van der Waals surface area contributed by atoms with Crippen LogP contribution in [0, 0.1) is 5.92 Å². The van der Waals surface area contributed by atoms with E-state index in [1.54, 1.807) is 0 Å². The Morgan fingerprint density at radius 3 is 2.29 bits per heavy atom. The SMILES string of the molecule is CC1CCCC(NC(=O)NC2CCCCCC2)(C(=O)O)C1.